The summed E-state index contributed by atoms with van der Waals surface area (Å²) in [6.07, 6.45) is 0.708. The minimum Gasteiger partial charge on any atom is -0.325 e. The molecule has 0 spiro atoms. The van der Waals surface area contributed by atoms with Gasteiger partial charge in [0.05, 0.1) is 10.3 Å². The van der Waals surface area contributed by atoms with Crippen LogP contribution in [0.3, 0.4) is 0 Å². The SMILES string of the molecule is CC(C)C1(C(=O)Nc2ccc(F)c([N+](=O)[O-])c2)CCNC1. The molecule has 1 heterocycles. The van der Waals surface area contributed by atoms with E-state index in [4.69, 9.17) is 0 Å². The largest absolute Gasteiger partial charge is 0.325 e. The third-order valence-electron chi connectivity index (χ3n) is 4.15. The van der Waals surface area contributed by atoms with Crippen LogP contribution < -0.4 is 10.6 Å². The summed E-state index contributed by atoms with van der Waals surface area (Å²) in [6, 6.07) is 3.36. The van der Waals surface area contributed by atoms with E-state index >= 15 is 0 Å². The number of rotatable bonds is 4. The van der Waals surface area contributed by atoms with Crippen LogP contribution >= 0.6 is 0 Å². The summed E-state index contributed by atoms with van der Waals surface area (Å²) >= 11 is 0. The van der Waals surface area contributed by atoms with Crippen molar-refractivity contribution in [1.29, 1.82) is 0 Å². The minimum absolute atomic E-state index is 0.128. The Morgan fingerprint density at radius 3 is 2.76 bits per heavy atom. The Labute approximate surface area is 121 Å². The average Bonchev–Trinajstić information content (AvgIpc) is 2.91. The molecule has 0 aliphatic carbocycles. The van der Waals surface area contributed by atoms with Crippen molar-refractivity contribution in [2.45, 2.75) is 20.3 Å². The molecule has 1 aromatic rings. The highest BCUT2D eigenvalue weighted by molar-refractivity contribution is 5.96. The monoisotopic (exact) mass is 295 g/mol. The zero-order valence-corrected chi connectivity index (χ0v) is 12.0. The third kappa shape index (κ3) is 2.87. The first-order valence-corrected chi connectivity index (χ1v) is 6.83. The number of nitrogens with one attached hydrogen (secondary N) is 2. The number of anilines is 1. The molecule has 1 amide bonds. The highest BCUT2D eigenvalue weighted by atomic mass is 19.1. The second-order valence-corrected chi connectivity index (χ2v) is 5.62. The van der Waals surface area contributed by atoms with Gasteiger partial charge in [-0.05, 0) is 31.0 Å². The molecular formula is C14H18FN3O3. The van der Waals surface area contributed by atoms with Crippen LogP contribution in [0.4, 0.5) is 15.8 Å². The van der Waals surface area contributed by atoms with Gasteiger partial charge in [-0.25, -0.2) is 0 Å². The van der Waals surface area contributed by atoms with E-state index in [-0.39, 0.29) is 17.5 Å². The molecule has 0 aromatic heterocycles. The fourth-order valence-electron chi connectivity index (χ4n) is 2.65. The summed E-state index contributed by atoms with van der Waals surface area (Å²) in [7, 11) is 0. The van der Waals surface area contributed by atoms with Gasteiger partial charge in [0.1, 0.15) is 0 Å². The van der Waals surface area contributed by atoms with Crippen molar-refractivity contribution in [1.82, 2.24) is 5.32 Å². The van der Waals surface area contributed by atoms with E-state index in [0.29, 0.717) is 13.0 Å². The number of amides is 1. The first kappa shape index (κ1) is 15.4. The second-order valence-electron chi connectivity index (χ2n) is 5.62. The molecule has 1 aliphatic heterocycles. The van der Waals surface area contributed by atoms with Crippen LogP contribution in [0.15, 0.2) is 18.2 Å². The molecule has 0 radical (unpaired) electrons. The van der Waals surface area contributed by atoms with E-state index in [1.165, 1.54) is 6.07 Å². The number of nitro groups is 1. The summed E-state index contributed by atoms with van der Waals surface area (Å²) in [5.74, 6) is -0.981. The number of nitro benzene ring substituents is 1. The zero-order chi connectivity index (χ0) is 15.6. The standard InChI is InChI=1S/C14H18FN3O3/c1-9(2)14(5-6-16-8-14)13(19)17-10-3-4-11(15)12(7-10)18(20)21/h3-4,7,9,16H,5-6,8H2,1-2H3,(H,17,19). The first-order chi connectivity index (χ1) is 9.86. The highest BCUT2D eigenvalue weighted by Gasteiger charge is 2.43. The zero-order valence-electron chi connectivity index (χ0n) is 12.0. The maximum absolute atomic E-state index is 13.3. The number of carbonyl (C=O) groups excluding carboxylic acids is 1. The van der Waals surface area contributed by atoms with E-state index in [0.717, 1.165) is 18.7 Å². The number of carbonyl (C=O) groups is 1. The molecule has 1 atom stereocenters. The van der Waals surface area contributed by atoms with E-state index < -0.39 is 21.8 Å². The Hall–Kier alpha value is -2.02. The van der Waals surface area contributed by atoms with Gasteiger partial charge < -0.3 is 10.6 Å². The van der Waals surface area contributed by atoms with Gasteiger partial charge in [0, 0.05) is 18.3 Å². The molecule has 2 N–H and O–H groups in total. The van der Waals surface area contributed by atoms with Crippen LogP contribution in [0.2, 0.25) is 0 Å². The van der Waals surface area contributed by atoms with E-state index in [1.807, 2.05) is 13.8 Å². The Balaban J connectivity index is 2.23. The van der Waals surface area contributed by atoms with Gasteiger partial charge in [-0.15, -0.1) is 0 Å². The van der Waals surface area contributed by atoms with Gasteiger partial charge >= 0.3 is 5.69 Å². The summed E-state index contributed by atoms with van der Waals surface area (Å²) < 4.78 is 13.3. The molecule has 0 bridgehead atoms. The second kappa shape index (κ2) is 5.77. The lowest BCUT2D eigenvalue weighted by Gasteiger charge is -2.31. The van der Waals surface area contributed by atoms with Gasteiger partial charge in [0.15, 0.2) is 0 Å². The average molecular weight is 295 g/mol. The lowest BCUT2D eigenvalue weighted by atomic mass is 9.75. The molecule has 1 aromatic carbocycles. The van der Waals surface area contributed by atoms with Crippen LogP contribution in [-0.2, 0) is 4.79 Å². The molecule has 1 aliphatic rings. The van der Waals surface area contributed by atoms with Crippen LogP contribution in [0, 0.1) is 27.3 Å². The molecule has 21 heavy (non-hydrogen) atoms. The molecule has 1 unspecified atom stereocenters. The van der Waals surface area contributed by atoms with Crippen LogP contribution in [-0.4, -0.2) is 23.9 Å². The van der Waals surface area contributed by atoms with Crippen molar-refractivity contribution in [3.8, 4) is 0 Å². The number of hydrogen-bond donors (Lipinski definition) is 2. The predicted octanol–water partition coefficient (Wildman–Crippen LogP) is 2.31. The number of nitrogens with zero attached hydrogens (tertiary/aromatic N) is 1. The Morgan fingerprint density at radius 1 is 1.52 bits per heavy atom. The van der Waals surface area contributed by atoms with Crippen molar-refractivity contribution < 1.29 is 14.1 Å². The number of halogens is 1. The third-order valence-corrected chi connectivity index (χ3v) is 4.15. The lowest BCUT2D eigenvalue weighted by Crippen LogP contribution is -2.42. The first-order valence-electron chi connectivity index (χ1n) is 6.83. The molecule has 2 rings (SSSR count). The molecule has 1 saturated heterocycles. The fourth-order valence-corrected chi connectivity index (χ4v) is 2.65. The number of benzene rings is 1. The Kier molecular flexibility index (Phi) is 4.22. The van der Waals surface area contributed by atoms with Gasteiger partial charge in [0.2, 0.25) is 11.7 Å². The van der Waals surface area contributed by atoms with Gasteiger partial charge in [0.25, 0.3) is 0 Å². The molecule has 6 nitrogen and oxygen atoms in total. The summed E-state index contributed by atoms with van der Waals surface area (Å²) in [4.78, 5) is 22.5. The normalized spacial score (nSPS) is 21.5. The van der Waals surface area contributed by atoms with E-state index in [2.05, 4.69) is 10.6 Å². The molecule has 114 valence electrons. The molecule has 7 heteroatoms. The van der Waals surface area contributed by atoms with Crippen molar-refractivity contribution in [3.63, 3.8) is 0 Å². The number of hydrogen-bond acceptors (Lipinski definition) is 4. The fraction of sp³-hybridized carbons (Fsp3) is 0.500. The summed E-state index contributed by atoms with van der Waals surface area (Å²) in [6.45, 7) is 5.27. The van der Waals surface area contributed by atoms with E-state index in [9.17, 15) is 19.3 Å². The van der Waals surface area contributed by atoms with Crippen LogP contribution in [0.1, 0.15) is 20.3 Å². The van der Waals surface area contributed by atoms with Gasteiger partial charge in [-0.3, -0.25) is 14.9 Å². The van der Waals surface area contributed by atoms with Crippen LogP contribution in [0.25, 0.3) is 0 Å². The van der Waals surface area contributed by atoms with E-state index in [1.54, 1.807) is 0 Å². The Bertz CT molecular complexity index is 569. The maximum Gasteiger partial charge on any atom is 0.306 e. The quantitative estimate of drug-likeness (QED) is 0.659. The predicted molar refractivity (Wildman–Crippen MR) is 76.4 cm³/mol. The van der Waals surface area contributed by atoms with Crippen molar-refractivity contribution in [2.75, 3.05) is 18.4 Å². The van der Waals surface area contributed by atoms with Gasteiger partial charge in [-0.2, -0.15) is 4.39 Å². The van der Waals surface area contributed by atoms with Crippen LogP contribution in [0.5, 0.6) is 0 Å². The lowest BCUT2D eigenvalue weighted by molar-refractivity contribution is -0.387. The topological polar surface area (TPSA) is 84.3 Å². The van der Waals surface area contributed by atoms with Crippen molar-refractivity contribution in [2.24, 2.45) is 11.3 Å². The molecular weight excluding hydrogens is 277 g/mol. The molecule has 1 fully saturated rings. The van der Waals surface area contributed by atoms with Crippen molar-refractivity contribution >= 4 is 17.3 Å². The minimum atomic E-state index is -0.917. The summed E-state index contributed by atoms with van der Waals surface area (Å²) in [5, 5.41) is 16.6. The summed E-state index contributed by atoms with van der Waals surface area (Å²) in [5.41, 5.74) is -0.945. The van der Waals surface area contributed by atoms with Gasteiger partial charge in [-0.1, -0.05) is 13.8 Å². The molecule has 0 saturated carbocycles. The Morgan fingerprint density at radius 2 is 2.24 bits per heavy atom. The smallest absolute Gasteiger partial charge is 0.306 e. The maximum atomic E-state index is 13.3. The highest BCUT2D eigenvalue weighted by Crippen LogP contribution is 2.35. The van der Waals surface area contributed by atoms with Crippen molar-refractivity contribution in [3.05, 3.63) is 34.1 Å².